The smallest absolute Gasteiger partial charge is 0.270 e. The number of rotatable bonds is 7. The largest absolute Gasteiger partial charge is 0.494 e. The number of hydrogen-bond donors (Lipinski definition) is 2. The first-order chi connectivity index (χ1) is 13.7. The van der Waals surface area contributed by atoms with Crippen LogP contribution in [-0.4, -0.2) is 23.4 Å². The molecule has 1 heterocycles. The van der Waals surface area contributed by atoms with Gasteiger partial charge >= 0.3 is 0 Å². The van der Waals surface area contributed by atoms with Crippen molar-refractivity contribution in [2.24, 2.45) is 0 Å². The Labute approximate surface area is 171 Å². The summed E-state index contributed by atoms with van der Waals surface area (Å²) in [6, 6.07) is 14.0. The minimum Gasteiger partial charge on any atom is -0.494 e. The molecule has 3 aromatic rings. The lowest BCUT2D eigenvalue weighted by atomic mass is 10.2. The zero-order chi connectivity index (χ0) is 19.8. The van der Waals surface area contributed by atoms with Gasteiger partial charge in [-0.3, -0.25) is 20.4 Å². The molecule has 3 rings (SSSR count). The molecule has 2 amide bonds. The number of nitrogens with one attached hydrogen (secondary N) is 2. The zero-order valence-corrected chi connectivity index (χ0v) is 16.8. The quantitative estimate of drug-likeness (QED) is 0.453. The molecule has 0 aliphatic rings. The second-order valence-electron chi connectivity index (χ2n) is 5.63. The molecule has 0 aliphatic heterocycles. The first-order valence-electron chi connectivity index (χ1n) is 8.60. The number of benzene rings is 2. The van der Waals surface area contributed by atoms with Crippen LogP contribution in [0.1, 0.15) is 33.3 Å². The van der Waals surface area contributed by atoms with Gasteiger partial charge in [0.25, 0.3) is 11.8 Å². The summed E-state index contributed by atoms with van der Waals surface area (Å²) in [5.74, 6) is 0.589. The summed E-state index contributed by atoms with van der Waals surface area (Å²) in [6.07, 6.45) is 0. The average Bonchev–Trinajstić information content (AvgIpc) is 3.25. The van der Waals surface area contributed by atoms with Crippen LogP contribution < -0.4 is 15.6 Å². The Bertz CT molecular complexity index is 928. The van der Waals surface area contributed by atoms with E-state index in [4.69, 9.17) is 4.74 Å². The van der Waals surface area contributed by atoms with Gasteiger partial charge in [-0.15, -0.1) is 23.1 Å². The van der Waals surface area contributed by atoms with Crippen molar-refractivity contribution in [2.45, 2.75) is 17.6 Å². The fourth-order valence-corrected chi connectivity index (χ4v) is 3.98. The van der Waals surface area contributed by atoms with Gasteiger partial charge in [-0.25, -0.2) is 4.98 Å². The molecule has 144 valence electrons. The van der Waals surface area contributed by atoms with E-state index >= 15 is 0 Å². The number of carbonyl (C=O) groups excluding carboxylic acids is 2. The molecule has 0 fully saturated rings. The summed E-state index contributed by atoms with van der Waals surface area (Å²) >= 11 is 3.07. The SMILES string of the molecule is CCOc1ccc(C(=O)NNC(=O)c2ccccc2SCc2cscn2)cc1. The van der Waals surface area contributed by atoms with E-state index in [0.29, 0.717) is 29.2 Å². The molecule has 0 aliphatic carbocycles. The van der Waals surface area contributed by atoms with Gasteiger partial charge < -0.3 is 4.74 Å². The number of carbonyl (C=O) groups is 2. The highest BCUT2D eigenvalue weighted by atomic mass is 32.2. The highest BCUT2D eigenvalue weighted by molar-refractivity contribution is 7.98. The lowest BCUT2D eigenvalue weighted by Gasteiger charge is -2.11. The van der Waals surface area contributed by atoms with Crippen molar-refractivity contribution in [1.29, 1.82) is 0 Å². The molecular weight excluding hydrogens is 394 g/mol. The fraction of sp³-hybridized carbons (Fsp3) is 0.150. The summed E-state index contributed by atoms with van der Waals surface area (Å²) in [7, 11) is 0. The molecule has 28 heavy (non-hydrogen) atoms. The molecule has 6 nitrogen and oxygen atoms in total. The Morgan fingerprint density at radius 3 is 2.54 bits per heavy atom. The molecule has 1 aromatic heterocycles. The predicted octanol–water partition coefficient (Wildman–Crippen LogP) is 3.91. The number of nitrogens with zero attached hydrogens (tertiary/aromatic N) is 1. The van der Waals surface area contributed by atoms with Gasteiger partial charge in [-0.2, -0.15) is 0 Å². The number of thiazole rings is 1. The van der Waals surface area contributed by atoms with E-state index in [0.717, 1.165) is 10.6 Å². The van der Waals surface area contributed by atoms with Gasteiger partial charge in [0.1, 0.15) is 5.75 Å². The standard InChI is InChI=1S/C20H19N3O3S2/c1-2-26-16-9-7-14(8-10-16)19(24)22-23-20(25)17-5-3-4-6-18(17)28-12-15-11-27-13-21-15/h3-11,13H,2,12H2,1H3,(H,22,24)(H,23,25). The van der Waals surface area contributed by atoms with Crippen LogP contribution in [-0.2, 0) is 5.75 Å². The molecule has 2 aromatic carbocycles. The third kappa shape index (κ3) is 5.34. The van der Waals surface area contributed by atoms with E-state index in [1.807, 2.05) is 24.4 Å². The van der Waals surface area contributed by atoms with Gasteiger partial charge in [0.2, 0.25) is 0 Å². The maximum Gasteiger partial charge on any atom is 0.270 e. The Kier molecular flexibility index (Phi) is 7.05. The van der Waals surface area contributed by atoms with E-state index < -0.39 is 5.91 Å². The number of ether oxygens (including phenoxy) is 1. The summed E-state index contributed by atoms with van der Waals surface area (Å²) in [6.45, 7) is 2.45. The first kappa shape index (κ1) is 19.9. The summed E-state index contributed by atoms with van der Waals surface area (Å²) < 4.78 is 5.35. The van der Waals surface area contributed by atoms with Crippen LogP contribution in [0, 0.1) is 0 Å². The molecule has 0 saturated carbocycles. The van der Waals surface area contributed by atoms with Gasteiger partial charge in [0.05, 0.1) is 23.4 Å². The molecule has 0 spiro atoms. The maximum absolute atomic E-state index is 12.5. The van der Waals surface area contributed by atoms with Crippen molar-refractivity contribution in [3.63, 3.8) is 0 Å². The molecule has 0 atom stereocenters. The molecule has 0 radical (unpaired) electrons. The number of thioether (sulfide) groups is 1. The predicted molar refractivity (Wildman–Crippen MR) is 111 cm³/mol. The highest BCUT2D eigenvalue weighted by Crippen LogP contribution is 2.26. The molecule has 0 unspecified atom stereocenters. The van der Waals surface area contributed by atoms with Crippen LogP contribution in [0.25, 0.3) is 0 Å². The van der Waals surface area contributed by atoms with Crippen LogP contribution in [0.3, 0.4) is 0 Å². The number of hydrazine groups is 1. The Morgan fingerprint density at radius 1 is 1.07 bits per heavy atom. The topological polar surface area (TPSA) is 80.3 Å². The summed E-state index contributed by atoms with van der Waals surface area (Å²) in [5, 5.41) is 1.98. The van der Waals surface area contributed by atoms with Crippen molar-refractivity contribution in [2.75, 3.05) is 6.61 Å². The highest BCUT2D eigenvalue weighted by Gasteiger charge is 2.13. The maximum atomic E-state index is 12.5. The third-order valence-electron chi connectivity index (χ3n) is 3.71. The number of aromatic nitrogens is 1. The minimum atomic E-state index is -0.399. The lowest BCUT2D eigenvalue weighted by Crippen LogP contribution is -2.41. The normalized spacial score (nSPS) is 10.3. The second kappa shape index (κ2) is 9.91. The third-order valence-corrected chi connectivity index (χ3v) is 5.45. The van der Waals surface area contributed by atoms with Crippen LogP contribution in [0.2, 0.25) is 0 Å². The molecule has 0 saturated heterocycles. The number of hydrogen-bond acceptors (Lipinski definition) is 6. The van der Waals surface area contributed by atoms with Gasteiger partial charge in [-0.1, -0.05) is 12.1 Å². The van der Waals surface area contributed by atoms with Gasteiger partial charge in [-0.05, 0) is 43.3 Å². The van der Waals surface area contributed by atoms with Crippen LogP contribution in [0.15, 0.2) is 64.3 Å². The molecule has 0 bridgehead atoms. The van der Waals surface area contributed by atoms with E-state index in [1.54, 1.807) is 41.9 Å². The Morgan fingerprint density at radius 2 is 1.82 bits per heavy atom. The van der Waals surface area contributed by atoms with E-state index in [-0.39, 0.29) is 5.91 Å². The second-order valence-corrected chi connectivity index (χ2v) is 7.37. The van der Waals surface area contributed by atoms with Crippen molar-refractivity contribution in [3.05, 3.63) is 76.2 Å². The lowest BCUT2D eigenvalue weighted by molar-refractivity contribution is 0.0845. The van der Waals surface area contributed by atoms with Crippen molar-refractivity contribution in [3.8, 4) is 5.75 Å². The van der Waals surface area contributed by atoms with Crippen molar-refractivity contribution in [1.82, 2.24) is 15.8 Å². The number of amides is 2. The van der Waals surface area contributed by atoms with Crippen LogP contribution >= 0.6 is 23.1 Å². The van der Waals surface area contributed by atoms with Crippen molar-refractivity contribution >= 4 is 34.9 Å². The molecular formula is C20H19N3O3S2. The van der Waals surface area contributed by atoms with E-state index in [9.17, 15) is 9.59 Å². The van der Waals surface area contributed by atoms with E-state index in [2.05, 4.69) is 15.8 Å². The minimum absolute atomic E-state index is 0.374. The summed E-state index contributed by atoms with van der Waals surface area (Å²) in [4.78, 5) is 29.8. The fourth-order valence-electron chi connectivity index (χ4n) is 2.36. The summed E-state index contributed by atoms with van der Waals surface area (Å²) in [5.41, 5.74) is 8.59. The van der Waals surface area contributed by atoms with Crippen LogP contribution in [0.4, 0.5) is 0 Å². The zero-order valence-electron chi connectivity index (χ0n) is 15.2. The van der Waals surface area contributed by atoms with Gasteiger partial charge in [0, 0.05) is 21.6 Å². The molecule has 8 heteroatoms. The first-order valence-corrected chi connectivity index (χ1v) is 10.5. The Hall–Kier alpha value is -2.84. The van der Waals surface area contributed by atoms with Crippen LogP contribution in [0.5, 0.6) is 5.75 Å². The molecule has 2 N–H and O–H groups in total. The van der Waals surface area contributed by atoms with Crippen molar-refractivity contribution < 1.29 is 14.3 Å². The van der Waals surface area contributed by atoms with Gasteiger partial charge in [0.15, 0.2) is 0 Å². The van der Waals surface area contributed by atoms with E-state index in [1.165, 1.54) is 23.1 Å². The average molecular weight is 414 g/mol. The monoisotopic (exact) mass is 413 g/mol. The Balaban J connectivity index is 1.59.